The van der Waals surface area contributed by atoms with Gasteiger partial charge < -0.3 is 19.3 Å². The van der Waals surface area contributed by atoms with Crippen LogP contribution in [0.5, 0.6) is 0 Å². The van der Waals surface area contributed by atoms with Crippen molar-refractivity contribution < 1.29 is 19.1 Å². The second-order valence-electron chi connectivity index (χ2n) is 14.7. The first-order valence-electron chi connectivity index (χ1n) is 17.3. The Morgan fingerprint density at radius 1 is 0.872 bits per heavy atom. The zero-order valence-electron chi connectivity index (χ0n) is 29.0. The molecule has 2 heterocycles. The molecule has 1 atom stereocenters. The van der Waals surface area contributed by atoms with Gasteiger partial charge in [0, 0.05) is 69.6 Å². The van der Waals surface area contributed by atoms with E-state index in [0.29, 0.717) is 12.2 Å². The molecule has 0 aromatic heterocycles. The highest BCUT2D eigenvalue weighted by molar-refractivity contribution is 6.30. The van der Waals surface area contributed by atoms with Gasteiger partial charge in [0.25, 0.3) is 0 Å². The number of carbonyl (C=O) groups excluding carboxylic acids is 2. The first kappa shape index (κ1) is 35.2. The molecule has 1 aliphatic carbocycles. The van der Waals surface area contributed by atoms with Crippen LogP contribution in [0.15, 0.2) is 54.1 Å². The number of rotatable bonds is 9. The zero-order valence-corrected chi connectivity index (χ0v) is 29.8. The number of benzene rings is 2. The monoisotopic (exact) mass is 664 g/mol. The minimum Gasteiger partial charge on any atom is -0.462 e. The summed E-state index contributed by atoms with van der Waals surface area (Å²) in [5.41, 5.74) is 5.85. The van der Waals surface area contributed by atoms with Crippen LogP contribution >= 0.6 is 11.6 Å². The van der Waals surface area contributed by atoms with Gasteiger partial charge in [-0.05, 0) is 113 Å². The number of anilines is 1. The summed E-state index contributed by atoms with van der Waals surface area (Å²) in [4.78, 5) is 34.0. The van der Waals surface area contributed by atoms with E-state index < -0.39 is 5.60 Å². The van der Waals surface area contributed by atoms with Crippen LogP contribution in [0.4, 0.5) is 10.5 Å². The highest BCUT2D eigenvalue weighted by atomic mass is 35.5. The van der Waals surface area contributed by atoms with Crippen LogP contribution < -0.4 is 4.90 Å². The molecule has 8 nitrogen and oxygen atoms in total. The second-order valence-corrected chi connectivity index (χ2v) is 15.1. The minimum atomic E-state index is -0.466. The van der Waals surface area contributed by atoms with E-state index in [1.807, 2.05) is 69.0 Å². The maximum atomic E-state index is 12.5. The Balaban J connectivity index is 1.19. The molecule has 2 aliphatic heterocycles. The molecule has 47 heavy (non-hydrogen) atoms. The zero-order chi connectivity index (χ0) is 33.6. The van der Waals surface area contributed by atoms with Crippen LogP contribution in [0.3, 0.4) is 0 Å². The summed E-state index contributed by atoms with van der Waals surface area (Å²) < 4.78 is 10.7. The molecular weight excluding hydrogens is 612 g/mol. The van der Waals surface area contributed by atoms with E-state index >= 15 is 0 Å². The van der Waals surface area contributed by atoms with Gasteiger partial charge in [0.1, 0.15) is 5.60 Å². The van der Waals surface area contributed by atoms with E-state index in [-0.39, 0.29) is 17.5 Å². The molecule has 0 spiro atoms. The summed E-state index contributed by atoms with van der Waals surface area (Å²) in [7, 11) is 0. The molecule has 0 radical (unpaired) electrons. The highest BCUT2D eigenvalue weighted by Gasteiger charge is 2.34. The van der Waals surface area contributed by atoms with E-state index in [1.165, 1.54) is 17.6 Å². The lowest BCUT2D eigenvalue weighted by Crippen LogP contribution is -2.50. The smallest absolute Gasteiger partial charge is 0.410 e. The summed E-state index contributed by atoms with van der Waals surface area (Å²) >= 11 is 6.27. The van der Waals surface area contributed by atoms with Crippen LogP contribution in [-0.2, 0) is 9.47 Å². The van der Waals surface area contributed by atoms with E-state index in [4.69, 9.17) is 21.1 Å². The van der Waals surface area contributed by atoms with Crippen molar-refractivity contribution in [3.63, 3.8) is 0 Å². The molecule has 1 unspecified atom stereocenters. The SMILES string of the molecule is CCOC(=O)c1ccc(N2CCN(CC3=C(c4ccc(Cl)cc4)CCC(C)(CCN4CCN(C(=O)OC(C)(C)C)CC4)C3)CC2)cc1. The number of ether oxygens (including phenoxy) is 2. The molecule has 2 saturated heterocycles. The average Bonchev–Trinajstić information content (AvgIpc) is 3.05. The van der Waals surface area contributed by atoms with Crippen molar-refractivity contribution in [3.8, 4) is 0 Å². The van der Waals surface area contributed by atoms with Crippen LogP contribution in [0.1, 0.15) is 76.2 Å². The summed E-state index contributed by atoms with van der Waals surface area (Å²) in [5, 5.41) is 0.773. The molecule has 1 amide bonds. The lowest BCUT2D eigenvalue weighted by molar-refractivity contribution is 0.0134. The fraction of sp³-hybridized carbons (Fsp3) is 0.579. The van der Waals surface area contributed by atoms with Gasteiger partial charge in [-0.1, -0.05) is 36.2 Å². The van der Waals surface area contributed by atoms with Crippen molar-refractivity contribution >= 4 is 34.9 Å². The molecule has 2 aromatic rings. The van der Waals surface area contributed by atoms with E-state index in [1.54, 1.807) is 5.57 Å². The standard InChI is InChI=1S/C38H53ClN4O4/c1-6-46-35(44)30-9-13-33(14-10-30)42-23-21-41(22-24-42)28-31-27-38(5,16-15-34(31)29-7-11-32(39)12-8-29)17-18-40-19-25-43(26-20-40)36(45)47-37(2,3)4/h7-14H,6,15-28H2,1-5H3. The van der Waals surface area contributed by atoms with Crippen molar-refractivity contribution in [2.24, 2.45) is 5.41 Å². The van der Waals surface area contributed by atoms with E-state index in [2.05, 4.69) is 33.8 Å². The molecule has 256 valence electrons. The summed E-state index contributed by atoms with van der Waals surface area (Å²) in [6.45, 7) is 19.6. The number of hydrogen-bond donors (Lipinski definition) is 0. The number of hydrogen-bond acceptors (Lipinski definition) is 7. The normalized spacial score (nSPS) is 21.6. The first-order chi connectivity index (χ1) is 22.4. The van der Waals surface area contributed by atoms with Gasteiger partial charge in [0.15, 0.2) is 0 Å². The number of halogens is 1. The Morgan fingerprint density at radius 2 is 1.51 bits per heavy atom. The lowest BCUT2D eigenvalue weighted by Gasteiger charge is -2.42. The number of nitrogens with zero attached hydrogens (tertiary/aromatic N) is 4. The van der Waals surface area contributed by atoms with Gasteiger partial charge >= 0.3 is 12.1 Å². The molecule has 9 heteroatoms. The predicted molar refractivity (Wildman–Crippen MR) is 190 cm³/mol. The minimum absolute atomic E-state index is 0.200. The van der Waals surface area contributed by atoms with Gasteiger partial charge in [0.05, 0.1) is 12.2 Å². The number of esters is 1. The fourth-order valence-electron chi connectivity index (χ4n) is 7.04. The Kier molecular flexibility index (Phi) is 11.6. The Hall–Kier alpha value is -3.07. The van der Waals surface area contributed by atoms with Crippen LogP contribution in [0, 0.1) is 5.41 Å². The van der Waals surface area contributed by atoms with Gasteiger partial charge in [-0.25, -0.2) is 9.59 Å². The molecule has 2 fully saturated rings. The van der Waals surface area contributed by atoms with Crippen molar-refractivity contribution in [1.82, 2.24) is 14.7 Å². The summed E-state index contributed by atoms with van der Waals surface area (Å²) in [5.74, 6) is -0.270. The molecule has 2 aromatic carbocycles. The number of amides is 1. The topological polar surface area (TPSA) is 65.6 Å². The molecule has 5 rings (SSSR count). The molecule has 0 saturated carbocycles. The molecule has 3 aliphatic rings. The average molecular weight is 665 g/mol. The number of piperazine rings is 2. The Labute approximate surface area is 286 Å². The van der Waals surface area contributed by atoms with Gasteiger partial charge in [-0.3, -0.25) is 9.80 Å². The van der Waals surface area contributed by atoms with Crippen molar-refractivity contribution in [2.45, 2.75) is 65.9 Å². The highest BCUT2D eigenvalue weighted by Crippen LogP contribution is 2.45. The largest absolute Gasteiger partial charge is 0.462 e. The predicted octanol–water partition coefficient (Wildman–Crippen LogP) is 7.23. The summed E-state index contributed by atoms with van der Waals surface area (Å²) in [6.07, 6.45) is 4.29. The maximum Gasteiger partial charge on any atom is 0.410 e. The van der Waals surface area contributed by atoms with Crippen LogP contribution in [0.2, 0.25) is 5.02 Å². The lowest BCUT2D eigenvalue weighted by atomic mass is 9.69. The van der Waals surface area contributed by atoms with Gasteiger partial charge in [0.2, 0.25) is 0 Å². The first-order valence-corrected chi connectivity index (χ1v) is 17.7. The molecule has 0 bridgehead atoms. The van der Waals surface area contributed by atoms with E-state index in [0.717, 1.165) is 95.4 Å². The van der Waals surface area contributed by atoms with Crippen LogP contribution in [-0.4, -0.2) is 104 Å². The quantitative estimate of drug-likeness (QED) is 0.262. The second kappa shape index (κ2) is 15.4. The fourth-order valence-corrected chi connectivity index (χ4v) is 7.17. The van der Waals surface area contributed by atoms with Crippen molar-refractivity contribution in [3.05, 3.63) is 70.3 Å². The Morgan fingerprint density at radius 3 is 2.13 bits per heavy atom. The maximum absolute atomic E-state index is 12.5. The third-order valence-electron chi connectivity index (χ3n) is 9.82. The number of carbonyl (C=O) groups is 2. The van der Waals surface area contributed by atoms with Crippen LogP contribution in [0.25, 0.3) is 5.57 Å². The summed E-state index contributed by atoms with van der Waals surface area (Å²) in [6, 6.07) is 16.2. The molecular formula is C38H53ClN4O4. The van der Waals surface area contributed by atoms with Gasteiger partial charge in [-0.15, -0.1) is 0 Å². The number of allylic oxidation sites excluding steroid dienone is 1. The molecule has 0 N–H and O–H groups in total. The van der Waals surface area contributed by atoms with Crippen molar-refractivity contribution in [1.29, 1.82) is 0 Å². The third-order valence-corrected chi connectivity index (χ3v) is 10.1. The van der Waals surface area contributed by atoms with E-state index in [9.17, 15) is 9.59 Å². The third kappa shape index (κ3) is 9.74. The van der Waals surface area contributed by atoms with Crippen molar-refractivity contribution in [2.75, 3.05) is 77.0 Å². The Bertz CT molecular complexity index is 1390. The van der Waals surface area contributed by atoms with Gasteiger partial charge in [-0.2, -0.15) is 0 Å².